The van der Waals surface area contributed by atoms with Crippen molar-refractivity contribution < 1.29 is 18.7 Å². The summed E-state index contributed by atoms with van der Waals surface area (Å²) in [4.78, 5) is 10.8. The molecule has 100 valence electrons. The van der Waals surface area contributed by atoms with Crippen LogP contribution in [-0.4, -0.2) is 26.1 Å². The van der Waals surface area contributed by atoms with E-state index in [-0.39, 0.29) is 6.54 Å². The van der Waals surface area contributed by atoms with E-state index in [0.29, 0.717) is 5.56 Å². The molecule has 8 heteroatoms. The lowest BCUT2D eigenvalue weighted by molar-refractivity contribution is 0.0675. The van der Waals surface area contributed by atoms with Crippen molar-refractivity contribution in [1.82, 2.24) is 15.0 Å². The van der Waals surface area contributed by atoms with Crippen LogP contribution < -0.4 is 0 Å². The van der Waals surface area contributed by atoms with Crippen molar-refractivity contribution in [3.05, 3.63) is 45.7 Å². The van der Waals surface area contributed by atoms with Gasteiger partial charge in [-0.3, -0.25) is 0 Å². The monoisotopic (exact) mass is 331 g/mol. The first kappa shape index (κ1) is 13.6. The third-order valence-electron chi connectivity index (χ3n) is 2.46. The van der Waals surface area contributed by atoms with Gasteiger partial charge in [0.15, 0.2) is 5.69 Å². The first-order valence-electron chi connectivity index (χ1n) is 5.19. The van der Waals surface area contributed by atoms with Crippen LogP contribution in [0.15, 0.2) is 28.7 Å². The smallest absolute Gasteiger partial charge is 0.358 e. The minimum absolute atomic E-state index is 0.0153. The molecule has 1 N–H and O–H groups in total. The number of carboxylic acids is 1. The molecule has 1 heterocycles. The lowest BCUT2D eigenvalue weighted by atomic mass is 10.2. The third-order valence-corrected chi connectivity index (χ3v) is 3.23. The second-order valence-electron chi connectivity index (χ2n) is 3.68. The van der Waals surface area contributed by atoms with Crippen LogP contribution in [0.3, 0.4) is 0 Å². The van der Waals surface area contributed by atoms with Crippen molar-refractivity contribution in [2.45, 2.75) is 13.0 Å². The summed E-state index contributed by atoms with van der Waals surface area (Å²) in [6.07, 6.45) is -2.96. The van der Waals surface area contributed by atoms with E-state index in [4.69, 9.17) is 5.11 Å². The van der Waals surface area contributed by atoms with E-state index in [2.05, 4.69) is 26.2 Å². The molecule has 1 aromatic heterocycles. The van der Waals surface area contributed by atoms with Gasteiger partial charge in [-0.2, -0.15) is 0 Å². The fourth-order valence-corrected chi connectivity index (χ4v) is 2.00. The largest absolute Gasteiger partial charge is 0.476 e. The Morgan fingerprint density at radius 2 is 2.11 bits per heavy atom. The van der Waals surface area contributed by atoms with Gasteiger partial charge in [-0.25, -0.2) is 18.3 Å². The first-order valence-corrected chi connectivity index (χ1v) is 5.98. The number of carbonyl (C=O) groups is 1. The lowest BCUT2D eigenvalue weighted by Crippen LogP contribution is -2.10. The minimum Gasteiger partial charge on any atom is -0.476 e. The van der Waals surface area contributed by atoms with Gasteiger partial charge in [0.25, 0.3) is 6.43 Å². The highest BCUT2D eigenvalue weighted by Gasteiger charge is 2.26. The molecule has 0 spiro atoms. The van der Waals surface area contributed by atoms with Gasteiger partial charge < -0.3 is 5.11 Å². The van der Waals surface area contributed by atoms with E-state index in [1.54, 1.807) is 24.3 Å². The molecule has 2 rings (SSSR count). The van der Waals surface area contributed by atoms with E-state index in [0.717, 1.165) is 9.15 Å². The van der Waals surface area contributed by atoms with Crippen LogP contribution in [-0.2, 0) is 6.54 Å². The zero-order chi connectivity index (χ0) is 14.0. The van der Waals surface area contributed by atoms with Crippen LogP contribution in [0.2, 0.25) is 0 Å². The summed E-state index contributed by atoms with van der Waals surface area (Å²) in [5, 5.41) is 15.6. The molecule has 0 aliphatic carbocycles. The van der Waals surface area contributed by atoms with Crippen LogP contribution in [0.4, 0.5) is 8.78 Å². The van der Waals surface area contributed by atoms with E-state index < -0.39 is 23.8 Å². The maximum atomic E-state index is 12.9. The lowest BCUT2D eigenvalue weighted by Gasteiger charge is -2.07. The van der Waals surface area contributed by atoms with E-state index >= 15 is 0 Å². The van der Waals surface area contributed by atoms with E-state index in [1.165, 1.54) is 0 Å². The van der Waals surface area contributed by atoms with Crippen molar-refractivity contribution >= 4 is 21.9 Å². The summed E-state index contributed by atoms with van der Waals surface area (Å²) >= 11 is 3.29. The van der Waals surface area contributed by atoms with Crippen LogP contribution in [0.25, 0.3) is 0 Å². The van der Waals surface area contributed by atoms with Gasteiger partial charge in [0.1, 0.15) is 5.69 Å². The number of rotatable bonds is 4. The summed E-state index contributed by atoms with van der Waals surface area (Å²) in [5.74, 6) is -1.52. The number of alkyl halides is 2. The van der Waals surface area contributed by atoms with E-state index in [9.17, 15) is 13.6 Å². The van der Waals surface area contributed by atoms with Crippen molar-refractivity contribution in [3.63, 3.8) is 0 Å². The normalized spacial score (nSPS) is 10.9. The fraction of sp³-hybridized carbons (Fsp3) is 0.182. The first-order chi connectivity index (χ1) is 9.00. The van der Waals surface area contributed by atoms with Gasteiger partial charge in [0.05, 0.1) is 6.54 Å². The Bertz CT molecular complexity index is 616. The Kier molecular flexibility index (Phi) is 3.89. The summed E-state index contributed by atoms with van der Waals surface area (Å²) in [7, 11) is 0. The van der Waals surface area contributed by atoms with Crippen molar-refractivity contribution in [1.29, 1.82) is 0 Å². The van der Waals surface area contributed by atoms with Crippen molar-refractivity contribution in [3.8, 4) is 0 Å². The molecule has 5 nitrogen and oxygen atoms in total. The SMILES string of the molecule is O=C(O)c1nnn(Cc2ccccc2Br)c1C(F)F. The molecule has 1 aromatic carbocycles. The molecule has 0 saturated carbocycles. The maximum Gasteiger partial charge on any atom is 0.358 e. The molecular weight excluding hydrogens is 324 g/mol. The maximum absolute atomic E-state index is 12.9. The number of carboxylic acid groups (broad SMARTS) is 1. The molecule has 0 atom stereocenters. The Morgan fingerprint density at radius 3 is 2.68 bits per heavy atom. The topological polar surface area (TPSA) is 68.0 Å². The fourth-order valence-electron chi connectivity index (χ4n) is 1.59. The van der Waals surface area contributed by atoms with Gasteiger partial charge >= 0.3 is 5.97 Å². The average molecular weight is 332 g/mol. The number of hydrogen-bond acceptors (Lipinski definition) is 3. The predicted molar refractivity (Wildman–Crippen MR) is 65.2 cm³/mol. The van der Waals surface area contributed by atoms with Gasteiger partial charge in [-0.1, -0.05) is 39.3 Å². The molecule has 0 radical (unpaired) electrons. The summed E-state index contributed by atoms with van der Waals surface area (Å²) in [6, 6.07) is 7.01. The predicted octanol–water partition coefficient (Wildman–Crippen LogP) is 2.72. The molecule has 0 aliphatic rings. The molecular formula is C11H8BrF2N3O2. The highest BCUT2D eigenvalue weighted by atomic mass is 79.9. The number of aromatic nitrogens is 3. The zero-order valence-corrected chi connectivity index (χ0v) is 11.0. The molecule has 0 saturated heterocycles. The van der Waals surface area contributed by atoms with Gasteiger partial charge in [0.2, 0.25) is 0 Å². The Morgan fingerprint density at radius 1 is 1.42 bits per heavy atom. The third kappa shape index (κ3) is 2.78. The quantitative estimate of drug-likeness (QED) is 0.935. The van der Waals surface area contributed by atoms with E-state index in [1.807, 2.05) is 0 Å². The van der Waals surface area contributed by atoms with Crippen LogP contribution in [0.5, 0.6) is 0 Å². The van der Waals surface area contributed by atoms with Gasteiger partial charge in [-0.05, 0) is 11.6 Å². The number of benzene rings is 1. The molecule has 0 bridgehead atoms. The van der Waals surface area contributed by atoms with Crippen molar-refractivity contribution in [2.75, 3.05) is 0 Å². The number of halogens is 3. The van der Waals surface area contributed by atoms with Crippen LogP contribution in [0, 0.1) is 0 Å². The second-order valence-corrected chi connectivity index (χ2v) is 4.53. The molecule has 0 aliphatic heterocycles. The van der Waals surface area contributed by atoms with Crippen LogP contribution >= 0.6 is 15.9 Å². The van der Waals surface area contributed by atoms with Crippen molar-refractivity contribution in [2.24, 2.45) is 0 Å². The minimum atomic E-state index is -2.96. The number of nitrogens with zero attached hydrogens (tertiary/aromatic N) is 3. The highest BCUT2D eigenvalue weighted by Crippen LogP contribution is 2.24. The molecule has 0 amide bonds. The summed E-state index contributed by atoms with van der Waals surface area (Å²) in [6.45, 7) is 0.0153. The van der Waals surface area contributed by atoms with Gasteiger partial charge in [-0.15, -0.1) is 5.10 Å². The molecule has 19 heavy (non-hydrogen) atoms. The molecule has 2 aromatic rings. The zero-order valence-electron chi connectivity index (χ0n) is 9.42. The Hall–Kier alpha value is -1.83. The summed E-state index contributed by atoms with van der Waals surface area (Å²) < 4.78 is 27.4. The number of aromatic carboxylic acids is 1. The number of hydrogen-bond donors (Lipinski definition) is 1. The summed E-state index contributed by atoms with van der Waals surface area (Å²) in [5.41, 5.74) is -0.712. The standard InChI is InChI=1S/C11H8BrF2N3O2/c12-7-4-2-1-3-6(7)5-17-9(10(13)14)8(11(18)19)15-16-17/h1-4,10H,5H2,(H,18,19). The Balaban J connectivity index is 2.41. The highest BCUT2D eigenvalue weighted by molar-refractivity contribution is 9.10. The Labute approximate surface area is 115 Å². The second kappa shape index (κ2) is 5.43. The van der Waals surface area contributed by atoms with Gasteiger partial charge in [0, 0.05) is 4.47 Å². The molecule has 0 unspecified atom stereocenters. The van der Waals surface area contributed by atoms with Crippen LogP contribution in [0.1, 0.15) is 28.2 Å². The average Bonchev–Trinajstić information content (AvgIpc) is 2.76. The molecule has 0 fully saturated rings.